The smallest absolute Gasteiger partial charge is 0.176 e. The van der Waals surface area contributed by atoms with Crippen molar-refractivity contribution < 1.29 is 9.53 Å². The predicted octanol–water partition coefficient (Wildman–Crippen LogP) is 1.49. The molecule has 16 heavy (non-hydrogen) atoms. The van der Waals surface area contributed by atoms with Gasteiger partial charge < -0.3 is 4.74 Å². The maximum absolute atomic E-state index is 11.9. The number of carbonyl (C=O) groups excluding carboxylic acids is 1. The van der Waals surface area contributed by atoms with Gasteiger partial charge in [-0.05, 0) is 12.1 Å². The summed E-state index contributed by atoms with van der Waals surface area (Å²) in [6, 6.07) is 7.37. The molecule has 0 spiro atoms. The fraction of sp³-hybridized carbons (Fsp3) is 0.417. The second-order valence-electron chi connectivity index (χ2n) is 3.86. The summed E-state index contributed by atoms with van der Waals surface area (Å²) in [5.74, 6) is 0.151. The molecule has 0 unspecified atom stereocenters. The number of ketones is 1. The van der Waals surface area contributed by atoms with Gasteiger partial charge >= 0.3 is 0 Å². The minimum Gasteiger partial charge on any atom is -0.379 e. The van der Waals surface area contributed by atoms with Crippen LogP contribution in [0.3, 0.4) is 0 Å². The Morgan fingerprint density at radius 3 is 2.81 bits per heavy atom. The van der Waals surface area contributed by atoms with Crippen LogP contribution in [0.15, 0.2) is 29.2 Å². The summed E-state index contributed by atoms with van der Waals surface area (Å²) in [7, 11) is 0. The number of nitrogens with zero attached hydrogens (tertiary/aromatic N) is 1. The summed E-state index contributed by atoms with van der Waals surface area (Å²) in [4.78, 5) is 14.9. The maximum Gasteiger partial charge on any atom is 0.176 e. The normalized spacial score (nSPS) is 17.3. The number of morpholine rings is 1. The van der Waals surface area contributed by atoms with Gasteiger partial charge in [0, 0.05) is 23.5 Å². The van der Waals surface area contributed by atoms with E-state index in [1.165, 1.54) is 0 Å². The summed E-state index contributed by atoms with van der Waals surface area (Å²) in [6.45, 7) is 3.60. The predicted molar refractivity (Wildman–Crippen MR) is 65.3 cm³/mol. The summed E-state index contributed by atoms with van der Waals surface area (Å²) in [5.41, 5.74) is 0.735. The molecule has 1 aliphatic heterocycles. The maximum atomic E-state index is 11.9. The molecular formula is C12H15NO2S. The van der Waals surface area contributed by atoms with Gasteiger partial charge in [-0.15, -0.1) is 12.6 Å². The zero-order valence-electron chi connectivity index (χ0n) is 9.06. The van der Waals surface area contributed by atoms with E-state index in [0.717, 1.165) is 36.8 Å². The van der Waals surface area contributed by atoms with Crippen LogP contribution in [0.5, 0.6) is 0 Å². The van der Waals surface area contributed by atoms with Gasteiger partial charge in [-0.2, -0.15) is 0 Å². The number of hydrogen-bond acceptors (Lipinski definition) is 4. The van der Waals surface area contributed by atoms with Crippen molar-refractivity contribution in [3.63, 3.8) is 0 Å². The molecule has 0 N–H and O–H groups in total. The summed E-state index contributed by atoms with van der Waals surface area (Å²) < 4.78 is 5.24. The fourth-order valence-electron chi connectivity index (χ4n) is 1.73. The number of carbonyl (C=O) groups is 1. The quantitative estimate of drug-likeness (QED) is 0.638. The van der Waals surface area contributed by atoms with Crippen LogP contribution < -0.4 is 0 Å². The topological polar surface area (TPSA) is 29.5 Å². The Kier molecular flexibility index (Phi) is 3.98. The molecule has 0 atom stereocenters. The van der Waals surface area contributed by atoms with Crippen LogP contribution in [0.25, 0.3) is 0 Å². The highest BCUT2D eigenvalue weighted by atomic mass is 32.1. The highest BCUT2D eigenvalue weighted by Gasteiger charge is 2.15. The van der Waals surface area contributed by atoms with Gasteiger partial charge in [0.15, 0.2) is 5.78 Å². The van der Waals surface area contributed by atoms with E-state index in [2.05, 4.69) is 17.5 Å². The first kappa shape index (κ1) is 11.6. The Labute approximate surface area is 101 Å². The lowest BCUT2D eigenvalue weighted by Crippen LogP contribution is -2.39. The van der Waals surface area contributed by atoms with Gasteiger partial charge in [-0.25, -0.2) is 0 Å². The van der Waals surface area contributed by atoms with E-state index in [-0.39, 0.29) is 5.78 Å². The zero-order valence-corrected chi connectivity index (χ0v) is 9.95. The Morgan fingerprint density at radius 1 is 1.38 bits per heavy atom. The first-order valence-electron chi connectivity index (χ1n) is 5.38. The lowest BCUT2D eigenvalue weighted by atomic mass is 10.1. The largest absolute Gasteiger partial charge is 0.379 e. The van der Waals surface area contributed by atoms with Crippen LogP contribution in [-0.2, 0) is 4.74 Å². The molecule has 0 bridgehead atoms. The van der Waals surface area contributed by atoms with Gasteiger partial charge in [0.1, 0.15) is 0 Å². The van der Waals surface area contributed by atoms with Gasteiger partial charge in [0.25, 0.3) is 0 Å². The second-order valence-corrected chi connectivity index (χ2v) is 4.38. The Morgan fingerprint density at radius 2 is 2.12 bits per heavy atom. The van der Waals surface area contributed by atoms with Crippen molar-refractivity contribution in [2.24, 2.45) is 0 Å². The van der Waals surface area contributed by atoms with Gasteiger partial charge in [0.2, 0.25) is 0 Å². The van der Waals surface area contributed by atoms with Gasteiger partial charge in [-0.1, -0.05) is 12.1 Å². The lowest BCUT2D eigenvalue weighted by Gasteiger charge is -2.25. The number of ether oxygens (including phenoxy) is 1. The van der Waals surface area contributed by atoms with Crippen LogP contribution in [0.4, 0.5) is 0 Å². The standard InChI is InChI=1S/C12H15NO2S/c14-12(9-13-4-6-15-7-5-13)10-2-1-3-11(16)8-10/h1-3,8,16H,4-7,9H2. The van der Waals surface area contributed by atoms with Crippen molar-refractivity contribution in [1.82, 2.24) is 4.90 Å². The molecule has 2 rings (SSSR count). The van der Waals surface area contributed by atoms with E-state index in [9.17, 15) is 4.79 Å². The highest BCUT2D eigenvalue weighted by molar-refractivity contribution is 7.80. The number of Topliss-reactive ketones (excluding diaryl/α,β-unsaturated/α-hetero) is 1. The number of benzene rings is 1. The van der Waals surface area contributed by atoms with Crippen LogP contribution >= 0.6 is 12.6 Å². The molecule has 3 nitrogen and oxygen atoms in total. The molecule has 0 amide bonds. The Bertz CT molecular complexity index is 375. The Balaban J connectivity index is 1.97. The molecule has 1 fully saturated rings. The average molecular weight is 237 g/mol. The molecule has 0 aliphatic carbocycles. The van der Waals surface area contributed by atoms with E-state index in [1.807, 2.05) is 24.3 Å². The van der Waals surface area contributed by atoms with Crippen LogP contribution in [-0.4, -0.2) is 43.5 Å². The fourth-order valence-corrected chi connectivity index (χ4v) is 1.96. The lowest BCUT2D eigenvalue weighted by molar-refractivity contribution is 0.0371. The molecular weight excluding hydrogens is 222 g/mol. The van der Waals surface area contributed by atoms with Crippen molar-refractivity contribution in [2.45, 2.75) is 4.90 Å². The molecule has 0 saturated carbocycles. The minimum atomic E-state index is 0.151. The van der Waals surface area contributed by atoms with Crippen molar-refractivity contribution in [2.75, 3.05) is 32.8 Å². The van der Waals surface area contributed by atoms with Crippen LogP contribution in [0, 0.1) is 0 Å². The molecule has 1 aromatic carbocycles. The highest BCUT2D eigenvalue weighted by Crippen LogP contribution is 2.10. The molecule has 1 aliphatic rings. The van der Waals surface area contributed by atoms with Crippen LogP contribution in [0.2, 0.25) is 0 Å². The zero-order chi connectivity index (χ0) is 11.4. The average Bonchev–Trinajstić information content (AvgIpc) is 2.30. The molecule has 1 heterocycles. The summed E-state index contributed by atoms with van der Waals surface area (Å²) >= 11 is 4.23. The van der Waals surface area contributed by atoms with E-state index in [0.29, 0.717) is 6.54 Å². The SMILES string of the molecule is O=C(CN1CCOCC1)c1cccc(S)c1. The van der Waals surface area contributed by atoms with Crippen molar-refractivity contribution in [1.29, 1.82) is 0 Å². The van der Waals surface area contributed by atoms with E-state index >= 15 is 0 Å². The van der Waals surface area contributed by atoms with Gasteiger partial charge in [-0.3, -0.25) is 9.69 Å². The summed E-state index contributed by atoms with van der Waals surface area (Å²) in [6.07, 6.45) is 0. The molecule has 0 aromatic heterocycles. The third kappa shape index (κ3) is 3.07. The first-order chi connectivity index (χ1) is 7.75. The van der Waals surface area contributed by atoms with E-state index in [1.54, 1.807) is 0 Å². The van der Waals surface area contributed by atoms with Crippen molar-refractivity contribution in [3.05, 3.63) is 29.8 Å². The van der Waals surface area contributed by atoms with Gasteiger partial charge in [0.05, 0.1) is 19.8 Å². The third-order valence-corrected chi connectivity index (χ3v) is 2.92. The van der Waals surface area contributed by atoms with Crippen molar-refractivity contribution >= 4 is 18.4 Å². The number of hydrogen-bond donors (Lipinski definition) is 1. The van der Waals surface area contributed by atoms with Crippen LogP contribution in [0.1, 0.15) is 10.4 Å². The molecule has 4 heteroatoms. The first-order valence-corrected chi connectivity index (χ1v) is 5.83. The summed E-state index contributed by atoms with van der Waals surface area (Å²) in [5, 5.41) is 0. The molecule has 1 saturated heterocycles. The monoisotopic (exact) mass is 237 g/mol. The molecule has 0 radical (unpaired) electrons. The number of rotatable bonds is 3. The molecule has 1 aromatic rings. The van der Waals surface area contributed by atoms with Crippen molar-refractivity contribution in [3.8, 4) is 0 Å². The van der Waals surface area contributed by atoms with E-state index in [4.69, 9.17) is 4.74 Å². The Hall–Kier alpha value is -0.840. The number of thiol groups is 1. The van der Waals surface area contributed by atoms with E-state index < -0.39 is 0 Å². The minimum absolute atomic E-state index is 0.151. The third-order valence-electron chi connectivity index (χ3n) is 2.64. The molecule has 86 valence electrons. The second kappa shape index (κ2) is 5.48.